The summed E-state index contributed by atoms with van der Waals surface area (Å²) in [7, 11) is 2.14. The molecule has 170 valence electrons. The molecule has 3 aromatic carbocycles. The lowest BCUT2D eigenvalue weighted by atomic mass is 9.71. The SMILES string of the molecule is Cc1ccc2c3ccc(F)cc3n3c4cc(C5CCC(C)(C)CC5)cc5cc[n+](C)c(c1c23)c54. The van der Waals surface area contributed by atoms with Gasteiger partial charge in [-0.3, -0.25) is 0 Å². The molecule has 3 heterocycles. The van der Waals surface area contributed by atoms with Crippen LogP contribution in [0.15, 0.2) is 54.7 Å². The first-order valence-electron chi connectivity index (χ1n) is 12.5. The number of pyridine rings is 2. The highest BCUT2D eigenvalue weighted by Crippen LogP contribution is 2.45. The number of hydrogen-bond donors (Lipinski definition) is 0. The summed E-state index contributed by atoms with van der Waals surface area (Å²) in [5.74, 6) is 0.398. The van der Waals surface area contributed by atoms with Crippen LogP contribution in [-0.4, -0.2) is 4.40 Å². The molecule has 2 nitrogen and oxygen atoms in total. The van der Waals surface area contributed by atoms with Gasteiger partial charge in [-0.2, -0.15) is 0 Å². The zero-order chi connectivity index (χ0) is 23.4. The van der Waals surface area contributed by atoms with Crippen LogP contribution in [0.5, 0.6) is 0 Å². The van der Waals surface area contributed by atoms with Crippen molar-refractivity contribution in [3.63, 3.8) is 0 Å². The monoisotopic (exact) mass is 449 g/mol. The van der Waals surface area contributed by atoms with Crippen molar-refractivity contribution in [3.8, 4) is 0 Å². The average Bonchev–Trinajstić information content (AvgIpc) is 3.13. The van der Waals surface area contributed by atoms with Crippen LogP contribution in [-0.2, 0) is 7.05 Å². The van der Waals surface area contributed by atoms with Gasteiger partial charge < -0.3 is 4.40 Å². The third kappa shape index (κ3) is 2.64. The van der Waals surface area contributed by atoms with Crippen molar-refractivity contribution < 1.29 is 8.96 Å². The number of halogens is 1. The van der Waals surface area contributed by atoms with E-state index in [0.717, 1.165) is 10.9 Å². The topological polar surface area (TPSA) is 8.29 Å². The third-order valence-corrected chi connectivity index (χ3v) is 8.63. The number of aromatic nitrogens is 2. The number of hydrogen-bond acceptors (Lipinski definition) is 0. The fourth-order valence-corrected chi connectivity index (χ4v) is 6.68. The van der Waals surface area contributed by atoms with Gasteiger partial charge in [0.25, 0.3) is 0 Å². The number of benzene rings is 3. The predicted molar refractivity (Wildman–Crippen MR) is 139 cm³/mol. The van der Waals surface area contributed by atoms with Crippen molar-refractivity contribution in [1.82, 2.24) is 4.40 Å². The van der Waals surface area contributed by atoms with Gasteiger partial charge in [-0.15, -0.1) is 0 Å². The van der Waals surface area contributed by atoms with Crippen LogP contribution < -0.4 is 4.57 Å². The molecule has 7 rings (SSSR count). The number of rotatable bonds is 1. The van der Waals surface area contributed by atoms with Crippen LogP contribution in [0.2, 0.25) is 0 Å². The van der Waals surface area contributed by atoms with Crippen LogP contribution >= 0.6 is 0 Å². The Morgan fingerprint density at radius 1 is 0.912 bits per heavy atom. The second-order valence-corrected chi connectivity index (χ2v) is 11.4. The summed E-state index contributed by atoms with van der Waals surface area (Å²) in [5, 5.41) is 6.14. The molecular weight excluding hydrogens is 419 g/mol. The minimum Gasteiger partial charge on any atom is -0.307 e. The molecular formula is C31H30FN2+. The zero-order valence-electron chi connectivity index (χ0n) is 20.4. The third-order valence-electron chi connectivity index (χ3n) is 8.63. The van der Waals surface area contributed by atoms with Crippen LogP contribution in [0.3, 0.4) is 0 Å². The highest BCUT2D eigenvalue weighted by Gasteiger charge is 2.29. The molecule has 1 saturated carbocycles. The van der Waals surface area contributed by atoms with Crippen molar-refractivity contribution in [2.45, 2.75) is 52.4 Å². The fourth-order valence-electron chi connectivity index (χ4n) is 6.68. The largest absolute Gasteiger partial charge is 0.307 e. The summed E-state index contributed by atoms with van der Waals surface area (Å²) in [6.07, 6.45) is 7.20. The molecule has 0 amide bonds. The molecule has 0 atom stereocenters. The maximum absolute atomic E-state index is 14.6. The first-order chi connectivity index (χ1) is 16.3. The van der Waals surface area contributed by atoms with E-state index < -0.39 is 0 Å². The van der Waals surface area contributed by atoms with Crippen LogP contribution in [0.1, 0.15) is 56.6 Å². The minimum atomic E-state index is -0.184. The Kier molecular flexibility index (Phi) is 3.97. The molecule has 0 unspecified atom stereocenters. The van der Waals surface area contributed by atoms with Crippen LogP contribution in [0, 0.1) is 18.2 Å². The molecule has 34 heavy (non-hydrogen) atoms. The average molecular weight is 450 g/mol. The van der Waals surface area contributed by atoms with Gasteiger partial charge in [0, 0.05) is 16.8 Å². The summed E-state index contributed by atoms with van der Waals surface area (Å²) >= 11 is 0. The van der Waals surface area contributed by atoms with E-state index in [0.29, 0.717) is 11.3 Å². The van der Waals surface area contributed by atoms with E-state index in [1.165, 1.54) is 74.9 Å². The maximum atomic E-state index is 14.6. The molecule has 0 saturated heterocycles. The Labute approximate surface area is 198 Å². The molecule has 3 heteroatoms. The molecule has 0 N–H and O–H groups in total. The number of aryl methyl sites for hydroxylation is 2. The van der Waals surface area contributed by atoms with Crippen molar-refractivity contribution in [1.29, 1.82) is 0 Å². The van der Waals surface area contributed by atoms with Crippen LogP contribution in [0.4, 0.5) is 4.39 Å². The molecule has 1 fully saturated rings. The quantitative estimate of drug-likeness (QED) is 0.137. The number of fused-ring (bicyclic) bond motifs is 5. The van der Waals surface area contributed by atoms with E-state index in [1.807, 2.05) is 6.07 Å². The Bertz CT molecular complexity index is 1760. The maximum Gasteiger partial charge on any atom is 0.224 e. The molecule has 1 aliphatic rings. The second kappa shape index (κ2) is 6.69. The van der Waals surface area contributed by atoms with E-state index in [1.54, 1.807) is 12.1 Å². The molecule has 3 aromatic heterocycles. The first kappa shape index (κ1) is 20.2. The van der Waals surface area contributed by atoms with Gasteiger partial charge in [0.05, 0.1) is 27.3 Å². The zero-order valence-corrected chi connectivity index (χ0v) is 20.4. The van der Waals surface area contributed by atoms with E-state index >= 15 is 0 Å². The van der Waals surface area contributed by atoms with E-state index in [2.05, 4.69) is 73.3 Å². The minimum absolute atomic E-state index is 0.184. The standard InChI is InChI=1S/C31H30FN2/c1-18-5-7-24-23-8-6-22(32)17-25(23)34-26-16-21(19-9-12-31(2,3)13-10-19)15-20-11-14-33(4)30(28(20)26)27(18)29(24)34/h5-8,11,14-17,19H,9-10,12-13H2,1-4H3/q+1. The molecule has 0 radical (unpaired) electrons. The lowest BCUT2D eigenvalue weighted by Crippen LogP contribution is -2.29. The summed E-state index contributed by atoms with van der Waals surface area (Å²) in [6.45, 7) is 6.99. The Hall–Kier alpha value is -3.20. The Morgan fingerprint density at radius 3 is 2.47 bits per heavy atom. The Morgan fingerprint density at radius 2 is 1.68 bits per heavy atom. The smallest absolute Gasteiger partial charge is 0.224 e. The van der Waals surface area contributed by atoms with Gasteiger partial charge in [0.15, 0.2) is 6.20 Å². The first-order valence-corrected chi connectivity index (χ1v) is 12.5. The predicted octanol–water partition coefficient (Wildman–Crippen LogP) is 7.95. The molecule has 0 spiro atoms. The second-order valence-electron chi connectivity index (χ2n) is 11.4. The molecule has 0 bridgehead atoms. The van der Waals surface area contributed by atoms with Crippen molar-refractivity contribution in [2.75, 3.05) is 0 Å². The fraction of sp³-hybridized carbons (Fsp3) is 0.323. The van der Waals surface area contributed by atoms with Gasteiger partial charge in [-0.1, -0.05) is 32.0 Å². The molecule has 1 aliphatic carbocycles. The summed E-state index contributed by atoms with van der Waals surface area (Å²) in [5.41, 5.74) is 7.76. The summed E-state index contributed by atoms with van der Waals surface area (Å²) in [4.78, 5) is 0. The molecule has 6 aromatic rings. The van der Waals surface area contributed by atoms with E-state index in [9.17, 15) is 4.39 Å². The van der Waals surface area contributed by atoms with E-state index in [-0.39, 0.29) is 5.82 Å². The van der Waals surface area contributed by atoms with Gasteiger partial charge in [-0.25, -0.2) is 8.96 Å². The normalized spacial score (nSPS) is 17.2. The summed E-state index contributed by atoms with van der Waals surface area (Å²) in [6, 6.07) is 16.8. The highest BCUT2D eigenvalue weighted by atomic mass is 19.1. The van der Waals surface area contributed by atoms with E-state index in [4.69, 9.17) is 0 Å². The molecule has 0 aliphatic heterocycles. The van der Waals surface area contributed by atoms with Crippen LogP contribution in [0.25, 0.3) is 49.0 Å². The van der Waals surface area contributed by atoms with Gasteiger partial charge in [-0.05, 0) is 84.7 Å². The van der Waals surface area contributed by atoms with Crippen molar-refractivity contribution in [3.05, 3.63) is 71.7 Å². The lowest BCUT2D eigenvalue weighted by molar-refractivity contribution is -0.643. The van der Waals surface area contributed by atoms with Gasteiger partial charge in [0.2, 0.25) is 5.52 Å². The lowest BCUT2D eigenvalue weighted by Gasteiger charge is -2.34. The Balaban J connectivity index is 1.69. The van der Waals surface area contributed by atoms with Gasteiger partial charge >= 0.3 is 0 Å². The van der Waals surface area contributed by atoms with Gasteiger partial charge in [0.1, 0.15) is 12.9 Å². The van der Waals surface area contributed by atoms with Crippen molar-refractivity contribution in [2.24, 2.45) is 12.5 Å². The van der Waals surface area contributed by atoms with Crippen molar-refractivity contribution >= 4 is 49.0 Å². The summed E-state index contributed by atoms with van der Waals surface area (Å²) < 4.78 is 19.2. The number of nitrogens with zero attached hydrogens (tertiary/aromatic N) is 2. The highest BCUT2D eigenvalue weighted by molar-refractivity contribution is 6.25.